The van der Waals surface area contributed by atoms with Gasteiger partial charge in [-0.1, -0.05) is 43.7 Å². The van der Waals surface area contributed by atoms with Crippen LogP contribution in [0.4, 0.5) is 0 Å². The third kappa shape index (κ3) is 3.60. The molecule has 0 aromatic heterocycles. The first kappa shape index (κ1) is 12.2. The second kappa shape index (κ2) is 6.45. The molecule has 1 N–H and O–H groups in total. The lowest BCUT2D eigenvalue weighted by molar-refractivity contribution is 0.356. The minimum Gasteiger partial charge on any atom is -0.489 e. The summed E-state index contributed by atoms with van der Waals surface area (Å²) >= 11 is 0. The molecular weight excluding hydrogens is 210 g/mol. The molecule has 17 heavy (non-hydrogen) atoms. The number of hydrogen-bond acceptors (Lipinski definition) is 2. The molecule has 0 atom stereocenters. The Kier molecular flexibility index (Phi) is 4.63. The van der Waals surface area contributed by atoms with E-state index in [1.807, 2.05) is 12.1 Å². The Bertz CT molecular complexity index is 356. The van der Waals surface area contributed by atoms with E-state index in [0.717, 1.165) is 12.3 Å². The average Bonchev–Trinajstić information content (AvgIpc) is 2.88. The van der Waals surface area contributed by atoms with Crippen molar-refractivity contribution in [1.82, 2.24) is 5.32 Å². The van der Waals surface area contributed by atoms with E-state index in [1.165, 1.54) is 31.2 Å². The van der Waals surface area contributed by atoms with Gasteiger partial charge in [0.25, 0.3) is 0 Å². The molecule has 0 spiro atoms. The van der Waals surface area contributed by atoms with Gasteiger partial charge in [0.05, 0.1) is 0 Å². The average molecular weight is 231 g/mol. The van der Waals surface area contributed by atoms with Crippen LogP contribution in [0.1, 0.15) is 31.2 Å². The van der Waals surface area contributed by atoms with Gasteiger partial charge in [0.2, 0.25) is 0 Å². The summed E-state index contributed by atoms with van der Waals surface area (Å²) in [6.45, 7) is 5.14. The maximum atomic E-state index is 5.64. The van der Waals surface area contributed by atoms with Crippen LogP contribution < -0.4 is 10.1 Å². The number of nitrogens with one attached hydrogen (secondary N) is 1. The van der Waals surface area contributed by atoms with Crippen molar-refractivity contribution in [2.24, 2.45) is 0 Å². The summed E-state index contributed by atoms with van der Waals surface area (Å²) in [6.07, 6.45) is 7.14. The summed E-state index contributed by atoms with van der Waals surface area (Å²) in [7, 11) is 0. The van der Waals surface area contributed by atoms with Crippen molar-refractivity contribution in [3.63, 3.8) is 0 Å². The largest absolute Gasteiger partial charge is 0.489 e. The van der Waals surface area contributed by atoms with Crippen LogP contribution in [0.25, 0.3) is 0 Å². The van der Waals surface area contributed by atoms with E-state index < -0.39 is 0 Å². The third-order valence-electron chi connectivity index (χ3n) is 3.27. The standard InChI is InChI=1S/C15H21NO/c1-2-11-17-15-10-6-3-7-13(15)12-16-14-8-4-5-9-14/h2-3,6-7,10,14,16H,1,4-5,8-9,11-12H2. The molecule has 0 bridgehead atoms. The highest BCUT2D eigenvalue weighted by molar-refractivity contribution is 5.33. The Hall–Kier alpha value is -1.28. The fourth-order valence-electron chi connectivity index (χ4n) is 2.32. The van der Waals surface area contributed by atoms with Gasteiger partial charge in [0, 0.05) is 18.2 Å². The number of hydrogen-bond donors (Lipinski definition) is 1. The highest BCUT2D eigenvalue weighted by atomic mass is 16.5. The summed E-state index contributed by atoms with van der Waals surface area (Å²) in [6, 6.07) is 8.92. The molecule has 0 heterocycles. The van der Waals surface area contributed by atoms with Crippen molar-refractivity contribution < 1.29 is 4.74 Å². The molecule has 0 radical (unpaired) electrons. The Balaban J connectivity index is 1.91. The molecule has 1 aromatic carbocycles. The van der Waals surface area contributed by atoms with Crippen LogP contribution >= 0.6 is 0 Å². The molecule has 0 unspecified atom stereocenters. The van der Waals surface area contributed by atoms with Crippen LogP contribution in [0.15, 0.2) is 36.9 Å². The fraction of sp³-hybridized carbons (Fsp3) is 0.467. The third-order valence-corrected chi connectivity index (χ3v) is 3.27. The quantitative estimate of drug-likeness (QED) is 0.759. The van der Waals surface area contributed by atoms with Crippen molar-refractivity contribution in [2.45, 2.75) is 38.3 Å². The summed E-state index contributed by atoms with van der Waals surface area (Å²) < 4.78 is 5.64. The molecule has 1 saturated carbocycles. The van der Waals surface area contributed by atoms with Crippen LogP contribution in [0.3, 0.4) is 0 Å². The van der Waals surface area contributed by atoms with Crippen LogP contribution in [-0.4, -0.2) is 12.6 Å². The zero-order valence-electron chi connectivity index (χ0n) is 10.3. The van der Waals surface area contributed by atoms with Crippen LogP contribution in [0, 0.1) is 0 Å². The van der Waals surface area contributed by atoms with Crippen LogP contribution in [0.5, 0.6) is 5.75 Å². The van der Waals surface area contributed by atoms with E-state index in [1.54, 1.807) is 6.08 Å². The molecule has 2 nitrogen and oxygen atoms in total. The smallest absolute Gasteiger partial charge is 0.124 e. The van der Waals surface area contributed by atoms with E-state index in [0.29, 0.717) is 12.6 Å². The molecule has 0 saturated heterocycles. The predicted octanol–water partition coefficient (Wildman–Crippen LogP) is 3.28. The summed E-state index contributed by atoms with van der Waals surface area (Å²) in [5.41, 5.74) is 1.24. The van der Waals surface area contributed by atoms with Crippen molar-refractivity contribution >= 4 is 0 Å². The zero-order valence-corrected chi connectivity index (χ0v) is 10.3. The van der Waals surface area contributed by atoms with Gasteiger partial charge in [-0.2, -0.15) is 0 Å². The fourth-order valence-corrected chi connectivity index (χ4v) is 2.32. The van der Waals surface area contributed by atoms with Gasteiger partial charge in [-0.05, 0) is 18.9 Å². The molecule has 1 aliphatic rings. The maximum Gasteiger partial charge on any atom is 0.124 e. The van der Waals surface area contributed by atoms with Gasteiger partial charge < -0.3 is 10.1 Å². The number of benzene rings is 1. The second-order valence-electron chi connectivity index (χ2n) is 4.57. The molecule has 1 aromatic rings. The first-order chi connectivity index (χ1) is 8.40. The number of ether oxygens (including phenoxy) is 1. The van der Waals surface area contributed by atoms with E-state index in [2.05, 4.69) is 24.0 Å². The Morgan fingerprint density at radius 3 is 2.82 bits per heavy atom. The molecule has 2 rings (SSSR count). The lowest BCUT2D eigenvalue weighted by Crippen LogP contribution is -2.25. The highest BCUT2D eigenvalue weighted by Gasteiger charge is 2.14. The van der Waals surface area contributed by atoms with Gasteiger partial charge >= 0.3 is 0 Å². The first-order valence-corrected chi connectivity index (χ1v) is 6.45. The van der Waals surface area contributed by atoms with Crippen molar-refractivity contribution in [3.8, 4) is 5.75 Å². The molecule has 0 amide bonds. The molecule has 92 valence electrons. The summed E-state index contributed by atoms with van der Waals surface area (Å²) in [5, 5.41) is 3.61. The molecule has 1 aliphatic carbocycles. The SMILES string of the molecule is C=CCOc1ccccc1CNC1CCCC1. The molecular formula is C15H21NO. The normalized spacial score (nSPS) is 16.0. The highest BCUT2D eigenvalue weighted by Crippen LogP contribution is 2.21. The lowest BCUT2D eigenvalue weighted by Gasteiger charge is -2.14. The minimum atomic E-state index is 0.570. The van der Waals surface area contributed by atoms with Gasteiger partial charge in [-0.25, -0.2) is 0 Å². The van der Waals surface area contributed by atoms with Gasteiger partial charge in [-0.15, -0.1) is 0 Å². The number of para-hydroxylation sites is 1. The zero-order chi connectivity index (χ0) is 11.9. The second-order valence-corrected chi connectivity index (χ2v) is 4.57. The molecule has 1 fully saturated rings. The summed E-state index contributed by atoms with van der Waals surface area (Å²) in [4.78, 5) is 0. The first-order valence-electron chi connectivity index (χ1n) is 6.45. The van der Waals surface area contributed by atoms with E-state index in [-0.39, 0.29) is 0 Å². The topological polar surface area (TPSA) is 21.3 Å². The van der Waals surface area contributed by atoms with Crippen molar-refractivity contribution in [3.05, 3.63) is 42.5 Å². The van der Waals surface area contributed by atoms with Crippen molar-refractivity contribution in [1.29, 1.82) is 0 Å². The van der Waals surface area contributed by atoms with Gasteiger partial charge in [0.1, 0.15) is 12.4 Å². The van der Waals surface area contributed by atoms with Crippen LogP contribution in [0.2, 0.25) is 0 Å². The maximum absolute atomic E-state index is 5.64. The Labute approximate surface area is 104 Å². The van der Waals surface area contributed by atoms with E-state index in [4.69, 9.17) is 4.74 Å². The van der Waals surface area contributed by atoms with Crippen LogP contribution in [-0.2, 0) is 6.54 Å². The Morgan fingerprint density at radius 1 is 1.29 bits per heavy atom. The van der Waals surface area contributed by atoms with E-state index in [9.17, 15) is 0 Å². The van der Waals surface area contributed by atoms with Gasteiger partial charge in [0.15, 0.2) is 0 Å². The van der Waals surface area contributed by atoms with E-state index >= 15 is 0 Å². The number of rotatable bonds is 6. The Morgan fingerprint density at radius 2 is 2.06 bits per heavy atom. The van der Waals surface area contributed by atoms with Gasteiger partial charge in [-0.3, -0.25) is 0 Å². The summed E-state index contributed by atoms with van der Waals surface area (Å²) in [5.74, 6) is 0.970. The molecule has 0 aliphatic heterocycles. The predicted molar refractivity (Wildman–Crippen MR) is 71.2 cm³/mol. The lowest BCUT2D eigenvalue weighted by atomic mass is 10.1. The molecule has 2 heteroatoms. The van der Waals surface area contributed by atoms with Crippen molar-refractivity contribution in [2.75, 3.05) is 6.61 Å². The minimum absolute atomic E-state index is 0.570. The monoisotopic (exact) mass is 231 g/mol.